The van der Waals surface area contributed by atoms with Crippen molar-refractivity contribution in [2.24, 2.45) is 0 Å². The summed E-state index contributed by atoms with van der Waals surface area (Å²) in [6.45, 7) is 2.05. The van der Waals surface area contributed by atoms with Crippen LogP contribution in [-0.4, -0.2) is 13.3 Å². The Kier molecular flexibility index (Phi) is 3.72. The van der Waals surface area contributed by atoms with Gasteiger partial charge in [-0.05, 0) is 30.7 Å². The van der Waals surface area contributed by atoms with Crippen molar-refractivity contribution in [2.45, 2.75) is 13.0 Å². The topological polar surface area (TPSA) is 33.5 Å². The van der Waals surface area contributed by atoms with Gasteiger partial charge >= 0.3 is 0 Å². The third-order valence-corrected chi connectivity index (χ3v) is 3.22. The maximum Gasteiger partial charge on any atom is 0.196 e. The lowest BCUT2D eigenvalue weighted by Crippen LogP contribution is -2.20. The summed E-state index contributed by atoms with van der Waals surface area (Å²) >= 11 is 5.98. The fraction of sp³-hybridized carbons (Fsp3) is 0.214. The molecule has 0 saturated carbocycles. The first-order chi connectivity index (χ1) is 8.61. The van der Waals surface area contributed by atoms with Crippen molar-refractivity contribution < 1.29 is 9.21 Å². The molecule has 1 aromatic carbocycles. The Balaban J connectivity index is 2.22. The highest BCUT2D eigenvalue weighted by atomic mass is 35.5. The van der Waals surface area contributed by atoms with E-state index in [1.165, 1.54) is 0 Å². The summed E-state index contributed by atoms with van der Waals surface area (Å²) in [7, 11) is 1.92. The van der Waals surface area contributed by atoms with Gasteiger partial charge in [-0.2, -0.15) is 0 Å². The third kappa shape index (κ3) is 2.57. The van der Waals surface area contributed by atoms with Crippen molar-refractivity contribution >= 4 is 23.8 Å². The summed E-state index contributed by atoms with van der Waals surface area (Å²) in [5.74, 6) is 0.986. The Labute approximate surface area is 111 Å². The first-order valence-electron chi connectivity index (χ1n) is 5.65. The number of anilines is 1. The minimum Gasteiger partial charge on any atom is -0.438 e. The number of aldehydes is 1. The second-order valence-electron chi connectivity index (χ2n) is 4.14. The first-order valence-corrected chi connectivity index (χ1v) is 6.03. The van der Waals surface area contributed by atoms with Gasteiger partial charge in [0.25, 0.3) is 0 Å². The smallest absolute Gasteiger partial charge is 0.196 e. The zero-order chi connectivity index (χ0) is 13.1. The van der Waals surface area contributed by atoms with Crippen LogP contribution in [-0.2, 0) is 0 Å². The van der Waals surface area contributed by atoms with E-state index in [0.717, 1.165) is 5.56 Å². The molecular formula is C14H14ClNO2. The van der Waals surface area contributed by atoms with Crippen molar-refractivity contribution in [3.63, 3.8) is 0 Å². The highest BCUT2D eigenvalue weighted by Gasteiger charge is 2.15. The number of nitrogens with zero attached hydrogens (tertiary/aromatic N) is 1. The van der Waals surface area contributed by atoms with E-state index >= 15 is 0 Å². The molecule has 0 bridgehead atoms. The summed E-state index contributed by atoms with van der Waals surface area (Å²) < 4.78 is 5.39. The van der Waals surface area contributed by atoms with Crippen LogP contribution in [0.2, 0.25) is 5.02 Å². The summed E-state index contributed by atoms with van der Waals surface area (Å²) in [5.41, 5.74) is 1.09. The number of benzene rings is 1. The number of hydrogen-bond donors (Lipinski definition) is 0. The fourth-order valence-corrected chi connectivity index (χ4v) is 1.97. The van der Waals surface area contributed by atoms with Crippen molar-refractivity contribution in [2.75, 3.05) is 11.9 Å². The standard InChI is InChI=1S/C14H14ClNO2/c1-10(11-4-3-5-12(15)8-11)16(2)14-7-6-13(9-17)18-14/h3-10H,1-2H3. The SMILES string of the molecule is CC(c1cccc(Cl)c1)N(C)c1ccc(C=O)o1. The van der Waals surface area contributed by atoms with Gasteiger partial charge in [-0.15, -0.1) is 0 Å². The molecule has 1 atom stereocenters. The van der Waals surface area contributed by atoms with Crippen LogP contribution < -0.4 is 4.90 Å². The normalized spacial score (nSPS) is 12.2. The van der Waals surface area contributed by atoms with Crippen molar-refractivity contribution in [1.29, 1.82) is 0 Å². The minimum absolute atomic E-state index is 0.106. The Morgan fingerprint density at radius 1 is 1.33 bits per heavy atom. The molecule has 1 heterocycles. The molecule has 0 saturated heterocycles. The molecule has 2 aromatic rings. The maximum atomic E-state index is 10.6. The number of furan rings is 1. The molecule has 0 aliphatic heterocycles. The summed E-state index contributed by atoms with van der Waals surface area (Å²) in [6.07, 6.45) is 0.696. The van der Waals surface area contributed by atoms with Gasteiger partial charge < -0.3 is 9.32 Å². The van der Waals surface area contributed by atoms with Crippen LogP contribution in [0.3, 0.4) is 0 Å². The Morgan fingerprint density at radius 3 is 2.72 bits per heavy atom. The molecule has 0 amide bonds. The van der Waals surface area contributed by atoms with Gasteiger partial charge in [-0.3, -0.25) is 4.79 Å². The summed E-state index contributed by atoms with van der Waals surface area (Å²) in [4.78, 5) is 12.6. The molecule has 0 aliphatic carbocycles. The highest BCUT2D eigenvalue weighted by molar-refractivity contribution is 6.30. The van der Waals surface area contributed by atoms with Crippen LogP contribution in [0, 0.1) is 0 Å². The number of carbonyl (C=O) groups excluding carboxylic acids is 1. The average molecular weight is 264 g/mol. The average Bonchev–Trinajstić information content (AvgIpc) is 2.85. The molecule has 94 valence electrons. The van der Waals surface area contributed by atoms with Crippen LogP contribution in [0.4, 0.5) is 5.88 Å². The molecule has 0 aliphatic rings. The minimum atomic E-state index is 0.106. The van der Waals surface area contributed by atoms with Crippen LogP contribution in [0.15, 0.2) is 40.8 Å². The van der Waals surface area contributed by atoms with Gasteiger partial charge in [0.15, 0.2) is 17.9 Å². The van der Waals surface area contributed by atoms with Gasteiger partial charge in [0.05, 0.1) is 6.04 Å². The van der Waals surface area contributed by atoms with Crippen LogP contribution >= 0.6 is 11.6 Å². The van der Waals surface area contributed by atoms with Crippen molar-refractivity contribution in [3.8, 4) is 0 Å². The highest BCUT2D eigenvalue weighted by Crippen LogP contribution is 2.27. The van der Waals surface area contributed by atoms with E-state index in [9.17, 15) is 4.79 Å². The van der Waals surface area contributed by atoms with Crippen LogP contribution in [0.1, 0.15) is 29.1 Å². The second kappa shape index (κ2) is 5.27. The second-order valence-corrected chi connectivity index (χ2v) is 4.57. The van der Waals surface area contributed by atoms with Gasteiger partial charge in [0.2, 0.25) is 0 Å². The zero-order valence-electron chi connectivity index (χ0n) is 10.3. The number of carbonyl (C=O) groups is 1. The molecule has 3 nitrogen and oxygen atoms in total. The molecule has 2 rings (SSSR count). The Bertz CT molecular complexity index is 550. The van der Waals surface area contributed by atoms with E-state index in [0.29, 0.717) is 23.0 Å². The molecule has 1 aromatic heterocycles. The van der Waals surface area contributed by atoms with Crippen LogP contribution in [0.5, 0.6) is 0 Å². The monoisotopic (exact) mass is 263 g/mol. The van der Waals surface area contributed by atoms with E-state index in [4.69, 9.17) is 16.0 Å². The molecule has 0 radical (unpaired) electrons. The molecular weight excluding hydrogens is 250 g/mol. The lowest BCUT2D eigenvalue weighted by molar-refractivity contribution is 0.110. The first kappa shape index (κ1) is 12.7. The van der Waals surface area contributed by atoms with Crippen molar-refractivity contribution in [3.05, 3.63) is 52.7 Å². The third-order valence-electron chi connectivity index (χ3n) is 2.99. The summed E-state index contributed by atoms with van der Waals surface area (Å²) in [6, 6.07) is 11.2. The van der Waals surface area contributed by atoms with Gasteiger partial charge in [-0.25, -0.2) is 0 Å². The van der Waals surface area contributed by atoms with E-state index in [1.807, 2.05) is 36.2 Å². The number of hydrogen-bond acceptors (Lipinski definition) is 3. The molecule has 4 heteroatoms. The van der Waals surface area contributed by atoms with E-state index < -0.39 is 0 Å². The zero-order valence-corrected chi connectivity index (χ0v) is 11.0. The fourth-order valence-electron chi connectivity index (χ4n) is 1.78. The number of rotatable bonds is 4. The molecule has 0 N–H and O–H groups in total. The van der Waals surface area contributed by atoms with Gasteiger partial charge in [0.1, 0.15) is 0 Å². The van der Waals surface area contributed by atoms with Crippen molar-refractivity contribution in [1.82, 2.24) is 0 Å². The lowest BCUT2D eigenvalue weighted by atomic mass is 10.1. The Morgan fingerprint density at radius 2 is 2.11 bits per heavy atom. The lowest BCUT2D eigenvalue weighted by Gasteiger charge is -2.24. The van der Waals surface area contributed by atoms with E-state index in [1.54, 1.807) is 12.1 Å². The largest absolute Gasteiger partial charge is 0.438 e. The van der Waals surface area contributed by atoms with Gasteiger partial charge in [0, 0.05) is 18.1 Å². The molecule has 0 fully saturated rings. The van der Waals surface area contributed by atoms with E-state index in [-0.39, 0.29) is 6.04 Å². The predicted molar refractivity (Wildman–Crippen MR) is 72.4 cm³/mol. The maximum absolute atomic E-state index is 10.6. The van der Waals surface area contributed by atoms with E-state index in [2.05, 4.69) is 6.92 Å². The summed E-state index contributed by atoms with van der Waals surface area (Å²) in [5, 5.41) is 0.709. The molecule has 18 heavy (non-hydrogen) atoms. The van der Waals surface area contributed by atoms with Crippen LogP contribution in [0.25, 0.3) is 0 Å². The molecule has 1 unspecified atom stereocenters. The van der Waals surface area contributed by atoms with Gasteiger partial charge in [-0.1, -0.05) is 23.7 Å². The molecule has 0 spiro atoms. The Hall–Kier alpha value is -1.74. The number of halogens is 1. The predicted octanol–water partition coefficient (Wildman–Crippen LogP) is 3.94. The quantitative estimate of drug-likeness (QED) is 0.784.